The van der Waals surface area contributed by atoms with Crippen LogP contribution in [0.5, 0.6) is 11.5 Å². The number of halogens is 2. The van der Waals surface area contributed by atoms with Crippen LogP contribution in [0, 0.1) is 12.8 Å². The van der Waals surface area contributed by atoms with Crippen LogP contribution < -0.4 is 25.0 Å². The van der Waals surface area contributed by atoms with Crippen molar-refractivity contribution in [2.45, 2.75) is 57.3 Å². The summed E-state index contributed by atoms with van der Waals surface area (Å²) >= 11 is 12.6. The topological polar surface area (TPSA) is 66.1 Å². The number of para-hydroxylation sites is 1. The molecule has 1 amide bonds. The summed E-state index contributed by atoms with van der Waals surface area (Å²) in [5, 5.41) is 8.40. The van der Waals surface area contributed by atoms with Gasteiger partial charge in [-0.3, -0.25) is 4.79 Å². The lowest BCUT2D eigenvalue weighted by Crippen LogP contribution is -2.60. The number of nitrogens with one attached hydrogen (secondary N) is 2. The van der Waals surface area contributed by atoms with Crippen LogP contribution in [0.3, 0.4) is 0 Å². The highest BCUT2D eigenvalue weighted by molar-refractivity contribution is 6.37. The summed E-state index contributed by atoms with van der Waals surface area (Å²) in [5.74, 6) is 1.97. The summed E-state index contributed by atoms with van der Waals surface area (Å²) in [6.45, 7) is 6.79. The van der Waals surface area contributed by atoms with Gasteiger partial charge < -0.3 is 29.9 Å². The molecule has 242 valence electrons. The van der Waals surface area contributed by atoms with E-state index in [0.29, 0.717) is 40.9 Å². The van der Waals surface area contributed by atoms with E-state index in [1.807, 2.05) is 18.2 Å². The van der Waals surface area contributed by atoms with Gasteiger partial charge in [-0.15, -0.1) is 0 Å². The van der Waals surface area contributed by atoms with E-state index in [1.165, 1.54) is 11.3 Å². The molecule has 0 aromatic heterocycles. The minimum atomic E-state index is -0.00621. The standard InChI is InChI=1S/C37H42Cl2N4O3/c1-23-26(5-3-8-34(23)45-2)21-43(29-13-14-29)37(44)35-30(17-27-18-40-19-33(35)41-27)25-9-11-28(12-10-25)42-16-15-24(20-42)22-46-36-31(38)6-4-7-32(36)39/h3-12,24,27,29,33,40-41H,13-22H2,1-2H3/t24-,27-,33-/m1/s1. The first-order valence-corrected chi connectivity index (χ1v) is 17.2. The predicted molar refractivity (Wildman–Crippen MR) is 185 cm³/mol. The van der Waals surface area contributed by atoms with Gasteiger partial charge in [0.1, 0.15) is 5.75 Å². The second-order valence-electron chi connectivity index (χ2n) is 13.1. The van der Waals surface area contributed by atoms with Gasteiger partial charge in [-0.1, -0.05) is 53.5 Å². The molecule has 0 radical (unpaired) electrons. The number of carbonyl (C=O) groups is 1. The fourth-order valence-electron chi connectivity index (χ4n) is 7.28. The zero-order valence-corrected chi connectivity index (χ0v) is 28.0. The summed E-state index contributed by atoms with van der Waals surface area (Å²) in [7, 11) is 1.70. The number of piperazine rings is 1. The maximum atomic E-state index is 14.6. The molecule has 2 N–H and O–H groups in total. The molecule has 4 aliphatic rings. The average molecular weight is 662 g/mol. The van der Waals surface area contributed by atoms with Crippen molar-refractivity contribution in [3.05, 3.63) is 93.0 Å². The molecule has 3 aromatic carbocycles. The number of anilines is 1. The van der Waals surface area contributed by atoms with Gasteiger partial charge in [-0.25, -0.2) is 0 Å². The monoisotopic (exact) mass is 660 g/mol. The zero-order valence-electron chi connectivity index (χ0n) is 26.5. The maximum Gasteiger partial charge on any atom is 0.252 e. The Balaban J connectivity index is 1.10. The molecule has 2 saturated heterocycles. The van der Waals surface area contributed by atoms with Crippen LogP contribution >= 0.6 is 23.2 Å². The molecule has 1 aliphatic carbocycles. The van der Waals surface area contributed by atoms with Crippen LogP contribution in [0.4, 0.5) is 5.69 Å². The molecule has 46 heavy (non-hydrogen) atoms. The second-order valence-corrected chi connectivity index (χ2v) is 13.9. The quantitative estimate of drug-likeness (QED) is 0.259. The van der Waals surface area contributed by atoms with E-state index in [1.54, 1.807) is 19.2 Å². The summed E-state index contributed by atoms with van der Waals surface area (Å²) in [6, 6.07) is 21.0. The highest BCUT2D eigenvalue weighted by Crippen LogP contribution is 2.38. The number of ether oxygens (including phenoxy) is 2. The lowest BCUT2D eigenvalue weighted by molar-refractivity contribution is -0.128. The van der Waals surface area contributed by atoms with Gasteiger partial charge >= 0.3 is 0 Å². The number of amides is 1. The average Bonchev–Trinajstić information content (AvgIpc) is 3.80. The van der Waals surface area contributed by atoms with Crippen LogP contribution in [0.2, 0.25) is 10.0 Å². The predicted octanol–water partition coefficient (Wildman–Crippen LogP) is 6.49. The first-order chi connectivity index (χ1) is 22.4. The highest BCUT2D eigenvalue weighted by atomic mass is 35.5. The third-order valence-electron chi connectivity index (χ3n) is 9.99. The third-order valence-corrected chi connectivity index (χ3v) is 10.6. The van der Waals surface area contributed by atoms with E-state index in [9.17, 15) is 4.79 Å². The SMILES string of the molecule is COc1cccc(CN(C(=O)C2=C(c3ccc(N4CC[C@@H](COc5c(Cl)cccc5Cl)C4)cc3)C[C@@H]3CNC[C@H]2N3)C2CC2)c1C. The van der Waals surface area contributed by atoms with Crippen LogP contribution in [-0.4, -0.2) is 68.8 Å². The molecule has 3 heterocycles. The molecule has 0 spiro atoms. The van der Waals surface area contributed by atoms with Gasteiger partial charge in [-0.2, -0.15) is 0 Å². The number of hydrogen-bond donors (Lipinski definition) is 2. The Kier molecular flexibility index (Phi) is 9.19. The number of nitrogens with zero attached hydrogens (tertiary/aromatic N) is 2. The van der Waals surface area contributed by atoms with Gasteiger partial charge in [0, 0.05) is 62.0 Å². The van der Waals surface area contributed by atoms with E-state index in [0.717, 1.165) is 79.9 Å². The second kappa shape index (κ2) is 13.5. The molecule has 3 aromatic rings. The number of methoxy groups -OCH3 is 1. The number of fused-ring (bicyclic) bond motifs is 2. The maximum absolute atomic E-state index is 14.6. The number of carbonyl (C=O) groups excluding carboxylic acids is 1. The molecule has 0 unspecified atom stereocenters. The first-order valence-electron chi connectivity index (χ1n) is 16.4. The Morgan fingerprint density at radius 1 is 1.00 bits per heavy atom. The third kappa shape index (κ3) is 6.48. The zero-order chi connectivity index (χ0) is 31.8. The smallest absolute Gasteiger partial charge is 0.252 e. The largest absolute Gasteiger partial charge is 0.496 e. The van der Waals surface area contributed by atoms with Crippen LogP contribution in [0.1, 0.15) is 42.4 Å². The summed E-state index contributed by atoms with van der Waals surface area (Å²) in [6.07, 6.45) is 3.98. The molecule has 3 atom stereocenters. The molecular weight excluding hydrogens is 619 g/mol. The molecule has 2 bridgehead atoms. The van der Waals surface area contributed by atoms with Crippen molar-refractivity contribution in [3.63, 3.8) is 0 Å². The Bertz CT molecular complexity index is 1600. The fraction of sp³-hybridized carbons (Fsp3) is 0.432. The van der Waals surface area contributed by atoms with Crippen molar-refractivity contribution >= 4 is 40.4 Å². The van der Waals surface area contributed by atoms with Crippen LogP contribution in [0.25, 0.3) is 5.57 Å². The minimum absolute atomic E-state index is 0.00621. The minimum Gasteiger partial charge on any atom is -0.496 e. The normalized spacial score (nSPS) is 22.6. The van der Waals surface area contributed by atoms with Crippen molar-refractivity contribution in [2.75, 3.05) is 44.8 Å². The van der Waals surface area contributed by atoms with E-state index in [4.69, 9.17) is 32.7 Å². The van der Waals surface area contributed by atoms with Crippen molar-refractivity contribution in [1.29, 1.82) is 0 Å². The van der Waals surface area contributed by atoms with Crippen LogP contribution in [-0.2, 0) is 11.3 Å². The van der Waals surface area contributed by atoms with Crippen molar-refractivity contribution in [2.24, 2.45) is 5.92 Å². The van der Waals surface area contributed by atoms with E-state index < -0.39 is 0 Å². The molecular formula is C37H42Cl2N4O3. The van der Waals surface area contributed by atoms with E-state index >= 15 is 0 Å². The lowest BCUT2D eigenvalue weighted by atomic mass is 9.83. The van der Waals surface area contributed by atoms with E-state index in [2.05, 4.69) is 57.7 Å². The Hall–Kier alpha value is -3.23. The van der Waals surface area contributed by atoms with Gasteiger partial charge in [0.25, 0.3) is 5.91 Å². The number of benzene rings is 3. The Morgan fingerprint density at radius 2 is 1.76 bits per heavy atom. The van der Waals surface area contributed by atoms with Gasteiger partial charge in [0.15, 0.2) is 5.75 Å². The van der Waals surface area contributed by atoms with Gasteiger partial charge in [0.2, 0.25) is 0 Å². The van der Waals surface area contributed by atoms with Crippen LogP contribution in [0.15, 0.2) is 66.2 Å². The fourth-order valence-corrected chi connectivity index (χ4v) is 7.79. The summed E-state index contributed by atoms with van der Waals surface area (Å²) < 4.78 is 11.6. The highest BCUT2D eigenvalue weighted by Gasteiger charge is 2.41. The Labute approximate surface area is 281 Å². The molecule has 3 fully saturated rings. The van der Waals surface area contributed by atoms with Gasteiger partial charge in [-0.05, 0) is 85.2 Å². The van der Waals surface area contributed by atoms with Crippen molar-refractivity contribution < 1.29 is 14.3 Å². The molecule has 7 rings (SSSR count). The Morgan fingerprint density at radius 3 is 2.50 bits per heavy atom. The molecule has 1 saturated carbocycles. The number of hydrogen-bond acceptors (Lipinski definition) is 6. The van der Waals surface area contributed by atoms with E-state index in [-0.39, 0.29) is 18.0 Å². The van der Waals surface area contributed by atoms with Gasteiger partial charge in [0.05, 0.1) is 29.8 Å². The first kappa shape index (κ1) is 31.4. The van der Waals surface area contributed by atoms with Crippen molar-refractivity contribution in [3.8, 4) is 11.5 Å². The van der Waals surface area contributed by atoms with Crippen molar-refractivity contribution in [1.82, 2.24) is 15.5 Å². The molecule has 9 heteroatoms. The summed E-state index contributed by atoms with van der Waals surface area (Å²) in [5.41, 5.74) is 6.67. The molecule has 3 aliphatic heterocycles. The lowest BCUT2D eigenvalue weighted by Gasteiger charge is -2.41. The summed E-state index contributed by atoms with van der Waals surface area (Å²) in [4.78, 5) is 19.1. The number of rotatable bonds is 10. The molecule has 7 nitrogen and oxygen atoms in total.